The molecule has 0 radical (unpaired) electrons. The van der Waals surface area contributed by atoms with Gasteiger partial charge in [-0.25, -0.2) is 0 Å². The molecule has 0 spiro atoms. The Morgan fingerprint density at radius 1 is 1.22 bits per heavy atom. The molecule has 0 aromatic heterocycles. The minimum Gasteiger partial charge on any atom is -0.496 e. The molecule has 0 heterocycles. The lowest BCUT2D eigenvalue weighted by molar-refractivity contribution is -0.139. The van der Waals surface area contributed by atoms with Crippen LogP contribution in [0.4, 0.5) is 0 Å². The summed E-state index contributed by atoms with van der Waals surface area (Å²) in [7, 11) is 1.49. The molecule has 1 aromatic rings. The van der Waals surface area contributed by atoms with E-state index in [2.05, 4.69) is 5.43 Å². The summed E-state index contributed by atoms with van der Waals surface area (Å²) < 4.78 is 5.07. The smallest absolute Gasteiger partial charge is 0.327 e. The number of carbonyl (C=O) groups excluding carboxylic acids is 3. The molecule has 1 rings (SSSR count). The van der Waals surface area contributed by atoms with Crippen LogP contribution in [-0.2, 0) is 20.8 Å². The number of primary amides is 1. The Balaban J connectivity index is 2.54. The summed E-state index contributed by atoms with van der Waals surface area (Å²) >= 11 is 0. The fourth-order valence-corrected chi connectivity index (χ4v) is 1.25. The van der Waals surface area contributed by atoms with Crippen LogP contribution < -0.4 is 21.3 Å². The van der Waals surface area contributed by atoms with Crippen molar-refractivity contribution in [3.8, 4) is 5.75 Å². The Morgan fingerprint density at radius 2 is 1.89 bits per heavy atom. The van der Waals surface area contributed by atoms with Crippen LogP contribution >= 0.6 is 0 Å². The van der Waals surface area contributed by atoms with Crippen molar-refractivity contribution < 1.29 is 19.1 Å². The fraction of sp³-hybridized carbons (Fsp3) is 0.182. The molecular formula is C11H13N3O4. The van der Waals surface area contributed by atoms with Gasteiger partial charge in [0.15, 0.2) is 0 Å². The van der Waals surface area contributed by atoms with Crippen LogP contribution in [0.25, 0.3) is 0 Å². The Hall–Kier alpha value is -2.57. The number of para-hydroxylation sites is 1. The number of amides is 3. The number of hydrazine groups is 1. The Morgan fingerprint density at radius 3 is 2.50 bits per heavy atom. The van der Waals surface area contributed by atoms with E-state index < -0.39 is 17.7 Å². The first-order valence-electron chi connectivity index (χ1n) is 5.05. The first kappa shape index (κ1) is 13.5. The van der Waals surface area contributed by atoms with Crippen molar-refractivity contribution in [1.29, 1.82) is 0 Å². The summed E-state index contributed by atoms with van der Waals surface area (Å²) in [6.45, 7) is 0. The third-order valence-corrected chi connectivity index (χ3v) is 2.08. The largest absolute Gasteiger partial charge is 0.496 e. The van der Waals surface area contributed by atoms with Gasteiger partial charge >= 0.3 is 11.8 Å². The van der Waals surface area contributed by atoms with Crippen LogP contribution in [-0.4, -0.2) is 24.8 Å². The Kier molecular flexibility index (Phi) is 4.67. The summed E-state index contributed by atoms with van der Waals surface area (Å²) in [5.41, 5.74) is 9.31. The molecule has 0 bridgehead atoms. The van der Waals surface area contributed by atoms with Gasteiger partial charge in [0.05, 0.1) is 13.5 Å². The highest BCUT2D eigenvalue weighted by atomic mass is 16.5. The van der Waals surface area contributed by atoms with Crippen LogP contribution in [0, 0.1) is 0 Å². The van der Waals surface area contributed by atoms with Crippen molar-refractivity contribution >= 4 is 17.7 Å². The highest BCUT2D eigenvalue weighted by molar-refractivity contribution is 6.34. The maximum Gasteiger partial charge on any atom is 0.327 e. The highest BCUT2D eigenvalue weighted by Crippen LogP contribution is 2.17. The summed E-state index contributed by atoms with van der Waals surface area (Å²) in [6.07, 6.45) is 0.00303. The summed E-state index contributed by atoms with van der Waals surface area (Å²) in [6, 6.07) is 6.96. The zero-order valence-electron chi connectivity index (χ0n) is 9.73. The lowest BCUT2D eigenvalue weighted by Gasteiger charge is -2.08. The quantitative estimate of drug-likeness (QED) is 0.466. The van der Waals surface area contributed by atoms with E-state index in [9.17, 15) is 14.4 Å². The number of nitrogens with one attached hydrogen (secondary N) is 2. The van der Waals surface area contributed by atoms with E-state index >= 15 is 0 Å². The van der Waals surface area contributed by atoms with Crippen LogP contribution in [0.5, 0.6) is 5.75 Å². The maximum atomic E-state index is 11.5. The van der Waals surface area contributed by atoms with Gasteiger partial charge in [-0.15, -0.1) is 0 Å². The van der Waals surface area contributed by atoms with Gasteiger partial charge in [0.1, 0.15) is 5.75 Å². The molecule has 3 amide bonds. The molecule has 18 heavy (non-hydrogen) atoms. The van der Waals surface area contributed by atoms with Crippen LogP contribution in [0.3, 0.4) is 0 Å². The van der Waals surface area contributed by atoms with Gasteiger partial charge in [0, 0.05) is 5.56 Å². The van der Waals surface area contributed by atoms with E-state index in [-0.39, 0.29) is 6.42 Å². The van der Waals surface area contributed by atoms with E-state index in [0.29, 0.717) is 11.3 Å². The summed E-state index contributed by atoms with van der Waals surface area (Å²) in [4.78, 5) is 32.7. The predicted molar refractivity (Wildman–Crippen MR) is 62.2 cm³/mol. The Labute approximate surface area is 103 Å². The second kappa shape index (κ2) is 6.24. The molecule has 1 aromatic carbocycles. The van der Waals surface area contributed by atoms with Crippen LogP contribution in [0.1, 0.15) is 5.56 Å². The number of ether oxygens (including phenoxy) is 1. The highest BCUT2D eigenvalue weighted by Gasteiger charge is 2.11. The van der Waals surface area contributed by atoms with Crippen molar-refractivity contribution in [3.63, 3.8) is 0 Å². The lowest BCUT2D eigenvalue weighted by Crippen LogP contribution is -2.47. The molecule has 0 atom stereocenters. The van der Waals surface area contributed by atoms with Gasteiger partial charge in [-0.05, 0) is 6.07 Å². The molecule has 0 aliphatic carbocycles. The molecule has 0 aliphatic heterocycles. The first-order valence-corrected chi connectivity index (χ1v) is 5.05. The van der Waals surface area contributed by atoms with E-state index in [1.54, 1.807) is 24.3 Å². The standard InChI is InChI=1S/C11H13N3O4/c1-18-8-5-3-2-4-7(8)6-9(15)13-14-11(17)10(12)16/h2-5H,6H2,1H3,(H2,12,16)(H,13,15)(H,14,17). The molecule has 7 nitrogen and oxygen atoms in total. The van der Waals surface area contributed by atoms with Gasteiger partial charge in [0.25, 0.3) is 0 Å². The molecule has 0 saturated heterocycles. The number of rotatable bonds is 3. The van der Waals surface area contributed by atoms with Crippen molar-refractivity contribution in [2.24, 2.45) is 5.73 Å². The van der Waals surface area contributed by atoms with Crippen molar-refractivity contribution in [2.75, 3.05) is 7.11 Å². The third kappa shape index (κ3) is 3.78. The van der Waals surface area contributed by atoms with Crippen LogP contribution in [0.2, 0.25) is 0 Å². The number of hydrogen-bond acceptors (Lipinski definition) is 4. The Bertz CT molecular complexity index is 473. The monoisotopic (exact) mass is 251 g/mol. The summed E-state index contributed by atoms with van der Waals surface area (Å²) in [5.74, 6) is -2.18. The van der Waals surface area contributed by atoms with Gasteiger partial charge in [-0.3, -0.25) is 25.2 Å². The number of benzene rings is 1. The normalized spacial score (nSPS) is 9.39. The van der Waals surface area contributed by atoms with Gasteiger partial charge in [-0.2, -0.15) is 0 Å². The average Bonchev–Trinajstić information content (AvgIpc) is 2.36. The van der Waals surface area contributed by atoms with E-state index in [1.807, 2.05) is 5.43 Å². The second-order valence-corrected chi connectivity index (χ2v) is 3.36. The van der Waals surface area contributed by atoms with Gasteiger partial charge < -0.3 is 10.5 Å². The van der Waals surface area contributed by atoms with E-state index in [1.165, 1.54) is 7.11 Å². The van der Waals surface area contributed by atoms with Crippen molar-refractivity contribution in [3.05, 3.63) is 29.8 Å². The number of hydrogen-bond donors (Lipinski definition) is 3. The lowest BCUT2D eigenvalue weighted by atomic mass is 10.1. The molecule has 0 unspecified atom stereocenters. The van der Waals surface area contributed by atoms with Crippen molar-refractivity contribution in [2.45, 2.75) is 6.42 Å². The summed E-state index contributed by atoms with van der Waals surface area (Å²) in [5, 5.41) is 0. The average molecular weight is 251 g/mol. The zero-order chi connectivity index (χ0) is 13.5. The van der Waals surface area contributed by atoms with E-state index in [0.717, 1.165) is 0 Å². The fourth-order valence-electron chi connectivity index (χ4n) is 1.25. The van der Waals surface area contributed by atoms with Crippen LogP contribution in [0.15, 0.2) is 24.3 Å². The van der Waals surface area contributed by atoms with E-state index in [4.69, 9.17) is 10.5 Å². The first-order chi connectivity index (χ1) is 8.54. The van der Waals surface area contributed by atoms with Gasteiger partial charge in [0.2, 0.25) is 5.91 Å². The zero-order valence-corrected chi connectivity index (χ0v) is 9.73. The van der Waals surface area contributed by atoms with Gasteiger partial charge in [-0.1, -0.05) is 18.2 Å². The van der Waals surface area contributed by atoms with Crippen molar-refractivity contribution in [1.82, 2.24) is 10.9 Å². The third-order valence-electron chi connectivity index (χ3n) is 2.08. The maximum absolute atomic E-state index is 11.5. The topological polar surface area (TPSA) is 111 Å². The second-order valence-electron chi connectivity index (χ2n) is 3.36. The molecule has 96 valence electrons. The molecule has 7 heteroatoms. The molecule has 0 aliphatic rings. The minimum absolute atomic E-state index is 0.00303. The SMILES string of the molecule is COc1ccccc1CC(=O)NNC(=O)C(N)=O. The molecular weight excluding hydrogens is 238 g/mol. The number of carbonyl (C=O) groups is 3. The number of methoxy groups -OCH3 is 1. The molecule has 4 N–H and O–H groups in total. The molecule has 0 fully saturated rings. The minimum atomic E-state index is -1.17. The molecule has 0 saturated carbocycles. The number of nitrogens with two attached hydrogens (primary N) is 1. The predicted octanol–water partition coefficient (Wildman–Crippen LogP) is -1.13.